The topological polar surface area (TPSA) is 29.1 Å². The minimum atomic E-state index is -0.251. The zero-order valence-corrected chi connectivity index (χ0v) is 11.5. The molecule has 1 amide bonds. The van der Waals surface area contributed by atoms with Crippen LogP contribution in [0.25, 0.3) is 0 Å². The Labute approximate surface area is 118 Å². The number of benzene rings is 2. The van der Waals surface area contributed by atoms with Crippen molar-refractivity contribution in [3.8, 4) is 0 Å². The third kappa shape index (κ3) is 3.92. The first-order valence-corrected chi connectivity index (χ1v) is 6.71. The molecule has 0 bridgehead atoms. The van der Waals surface area contributed by atoms with Crippen LogP contribution in [0.2, 0.25) is 0 Å². The molecule has 0 radical (unpaired) electrons. The van der Waals surface area contributed by atoms with E-state index >= 15 is 0 Å². The average molecular weight is 271 g/mol. The van der Waals surface area contributed by atoms with Gasteiger partial charge in [0.25, 0.3) is 0 Å². The van der Waals surface area contributed by atoms with E-state index in [4.69, 9.17) is 0 Å². The van der Waals surface area contributed by atoms with Crippen LogP contribution in [0, 0.1) is 12.7 Å². The lowest BCUT2D eigenvalue weighted by Crippen LogP contribution is -2.23. The van der Waals surface area contributed by atoms with Crippen molar-refractivity contribution < 1.29 is 9.18 Å². The first-order valence-electron chi connectivity index (χ1n) is 6.71. The van der Waals surface area contributed by atoms with Gasteiger partial charge in [-0.2, -0.15) is 0 Å². The van der Waals surface area contributed by atoms with Gasteiger partial charge in [-0.15, -0.1) is 0 Å². The maximum Gasteiger partial charge on any atom is 0.220 e. The van der Waals surface area contributed by atoms with Crippen molar-refractivity contribution in [3.05, 3.63) is 71.0 Å². The third-order valence-corrected chi connectivity index (χ3v) is 3.32. The van der Waals surface area contributed by atoms with Gasteiger partial charge in [0.1, 0.15) is 5.82 Å². The van der Waals surface area contributed by atoms with E-state index in [0.717, 1.165) is 11.1 Å². The van der Waals surface area contributed by atoms with E-state index in [-0.39, 0.29) is 11.7 Å². The van der Waals surface area contributed by atoms with Gasteiger partial charge in [0.05, 0.1) is 0 Å². The van der Waals surface area contributed by atoms with Crippen LogP contribution in [-0.2, 0) is 17.8 Å². The molecular weight excluding hydrogens is 253 g/mol. The monoisotopic (exact) mass is 271 g/mol. The largest absolute Gasteiger partial charge is 0.352 e. The number of amides is 1. The van der Waals surface area contributed by atoms with E-state index in [1.54, 1.807) is 18.2 Å². The summed E-state index contributed by atoms with van der Waals surface area (Å²) in [6, 6.07) is 14.5. The molecule has 1 N–H and O–H groups in total. The molecule has 0 fully saturated rings. The van der Waals surface area contributed by atoms with Crippen LogP contribution in [0.15, 0.2) is 48.5 Å². The van der Waals surface area contributed by atoms with Crippen molar-refractivity contribution in [2.24, 2.45) is 0 Å². The fourth-order valence-electron chi connectivity index (χ4n) is 2.04. The predicted octanol–water partition coefficient (Wildman–Crippen LogP) is 3.38. The van der Waals surface area contributed by atoms with E-state index < -0.39 is 0 Å². The highest BCUT2D eigenvalue weighted by Gasteiger charge is 2.06. The normalized spacial score (nSPS) is 10.3. The number of halogens is 1. The number of aryl methyl sites for hydroxylation is 2. The highest BCUT2D eigenvalue weighted by Crippen LogP contribution is 2.09. The zero-order valence-electron chi connectivity index (χ0n) is 11.5. The second-order valence-electron chi connectivity index (χ2n) is 4.79. The number of carbonyl (C=O) groups is 1. The van der Waals surface area contributed by atoms with Crippen LogP contribution in [-0.4, -0.2) is 5.91 Å². The van der Waals surface area contributed by atoms with E-state index in [1.165, 1.54) is 6.07 Å². The Kier molecular flexibility index (Phi) is 4.88. The molecule has 20 heavy (non-hydrogen) atoms. The third-order valence-electron chi connectivity index (χ3n) is 3.32. The molecule has 0 aromatic heterocycles. The smallest absolute Gasteiger partial charge is 0.220 e. The number of hydrogen-bond donors (Lipinski definition) is 1. The summed E-state index contributed by atoms with van der Waals surface area (Å²) in [6.45, 7) is 2.53. The molecular formula is C17H18FNO. The number of hydrogen-bond acceptors (Lipinski definition) is 1. The molecule has 2 aromatic carbocycles. The van der Waals surface area contributed by atoms with Crippen molar-refractivity contribution in [1.82, 2.24) is 5.32 Å². The highest BCUT2D eigenvalue weighted by atomic mass is 19.1. The first kappa shape index (κ1) is 14.3. The Hall–Kier alpha value is -2.16. The van der Waals surface area contributed by atoms with Crippen LogP contribution >= 0.6 is 0 Å². The summed E-state index contributed by atoms with van der Waals surface area (Å²) in [6.07, 6.45) is 0.721. The van der Waals surface area contributed by atoms with Crippen LogP contribution in [0.3, 0.4) is 0 Å². The van der Waals surface area contributed by atoms with Gasteiger partial charge in [0.15, 0.2) is 0 Å². The summed E-state index contributed by atoms with van der Waals surface area (Å²) in [4.78, 5) is 11.8. The molecule has 0 saturated carbocycles. The second-order valence-corrected chi connectivity index (χ2v) is 4.79. The van der Waals surface area contributed by atoms with Crippen molar-refractivity contribution in [2.45, 2.75) is 26.3 Å². The standard InChI is InChI=1S/C17H18FNO/c1-13-6-2-3-8-15(13)12-19-17(20)11-10-14-7-4-5-9-16(14)18/h2-9H,10-12H2,1H3,(H,19,20). The van der Waals surface area contributed by atoms with Crippen molar-refractivity contribution in [2.75, 3.05) is 0 Å². The van der Waals surface area contributed by atoms with Crippen LogP contribution in [0.5, 0.6) is 0 Å². The van der Waals surface area contributed by atoms with E-state index in [9.17, 15) is 9.18 Å². The number of carbonyl (C=O) groups excluding carboxylic acids is 1. The Morgan fingerprint density at radius 1 is 1.05 bits per heavy atom. The Balaban J connectivity index is 1.82. The summed E-state index contributed by atoms with van der Waals surface area (Å²) in [5, 5.41) is 2.87. The van der Waals surface area contributed by atoms with Gasteiger partial charge in [-0.1, -0.05) is 42.5 Å². The molecule has 0 aliphatic heterocycles. The highest BCUT2D eigenvalue weighted by molar-refractivity contribution is 5.76. The molecule has 0 aliphatic rings. The number of nitrogens with one attached hydrogen (secondary N) is 1. The SMILES string of the molecule is Cc1ccccc1CNC(=O)CCc1ccccc1F. The van der Waals surface area contributed by atoms with Gasteiger partial charge in [0.2, 0.25) is 5.91 Å². The molecule has 2 rings (SSSR count). The molecule has 104 valence electrons. The molecule has 0 heterocycles. The molecule has 0 spiro atoms. The quantitative estimate of drug-likeness (QED) is 0.887. The van der Waals surface area contributed by atoms with Crippen molar-refractivity contribution in [3.63, 3.8) is 0 Å². The summed E-state index contributed by atoms with van der Waals surface area (Å²) < 4.78 is 13.4. The fraction of sp³-hybridized carbons (Fsp3) is 0.235. The fourth-order valence-corrected chi connectivity index (χ4v) is 2.04. The summed E-state index contributed by atoms with van der Waals surface area (Å²) in [5.74, 6) is -0.310. The molecule has 3 heteroatoms. The van der Waals surface area contributed by atoms with Gasteiger partial charge in [-0.05, 0) is 36.1 Å². The minimum absolute atomic E-state index is 0.0588. The lowest BCUT2D eigenvalue weighted by molar-refractivity contribution is -0.121. The summed E-state index contributed by atoms with van der Waals surface area (Å²) in [5.41, 5.74) is 2.84. The molecule has 0 aliphatic carbocycles. The van der Waals surface area contributed by atoms with E-state index in [0.29, 0.717) is 24.9 Å². The van der Waals surface area contributed by atoms with Gasteiger partial charge in [0, 0.05) is 13.0 Å². The molecule has 0 unspecified atom stereocenters. The minimum Gasteiger partial charge on any atom is -0.352 e. The van der Waals surface area contributed by atoms with E-state index in [2.05, 4.69) is 5.32 Å². The van der Waals surface area contributed by atoms with Crippen LogP contribution < -0.4 is 5.32 Å². The van der Waals surface area contributed by atoms with Crippen LogP contribution in [0.4, 0.5) is 4.39 Å². The summed E-state index contributed by atoms with van der Waals surface area (Å²) >= 11 is 0. The predicted molar refractivity (Wildman–Crippen MR) is 77.7 cm³/mol. The maximum absolute atomic E-state index is 13.4. The first-order chi connectivity index (χ1) is 9.66. The lowest BCUT2D eigenvalue weighted by Gasteiger charge is -2.08. The van der Waals surface area contributed by atoms with Gasteiger partial charge in [-0.25, -0.2) is 4.39 Å². The maximum atomic E-state index is 13.4. The number of rotatable bonds is 5. The van der Waals surface area contributed by atoms with E-state index in [1.807, 2.05) is 31.2 Å². The summed E-state index contributed by atoms with van der Waals surface area (Å²) in [7, 11) is 0. The molecule has 2 nitrogen and oxygen atoms in total. The Bertz CT molecular complexity index is 544. The molecule has 0 saturated heterocycles. The van der Waals surface area contributed by atoms with Gasteiger partial charge in [-0.3, -0.25) is 4.79 Å². The Morgan fingerprint density at radius 3 is 2.40 bits per heavy atom. The van der Waals surface area contributed by atoms with Crippen molar-refractivity contribution in [1.29, 1.82) is 0 Å². The molecule has 0 atom stereocenters. The second kappa shape index (κ2) is 6.85. The Morgan fingerprint density at radius 2 is 1.70 bits per heavy atom. The molecule has 2 aromatic rings. The lowest BCUT2D eigenvalue weighted by atomic mass is 10.1. The zero-order chi connectivity index (χ0) is 14.4. The van der Waals surface area contributed by atoms with Gasteiger partial charge < -0.3 is 5.32 Å². The van der Waals surface area contributed by atoms with Crippen LogP contribution in [0.1, 0.15) is 23.1 Å². The average Bonchev–Trinajstić information content (AvgIpc) is 2.45. The van der Waals surface area contributed by atoms with Crippen molar-refractivity contribution >= 4 is 5.91 Å². The van der Waals surface area contributed by atoms with Gasteiger partial charge >= 0.3 is 0 Å².